The van der Waals surface area contributed by atoms with E-state index in [-0.39, 0.29) is 37.3 Å². The molecule has 218 valence electrons. The number of carbonyl (C=O) groups is 1. The molecule has 0 fully saturated rings. The van der Waals surface area contributed by atoms with Crippen LogP contribution in [0.4, 0.5) is 26.3 Å². The average molecular weight is 639 g/mol. The quantitative estimate of drug-likeness (QED) is 0.265. The molecule has 3 aromatic carbocycles. The number of hydrogen-bond acceptors (Lipinski definition) is 5. The Morgan fingerprint density at radius 1 is 1.00 bits per heavy atom. The summed E-state index contributed by atoms with van der Waals surface area (Å²) in [5.41, 5.74) is -2.71. The Labute approximate surface area is 240 Å². The lowest BCUT2D eigenvalue weighted by atomic mass is 9.86. The molecule has 15 heteroatoms. The molecule has 3 aromatic rings. The highest BCUT2D eigenvalue weighted by Crippen LogP contribution is 2.49. The molecule has 1 heterocycles. The van der Waals surface area contributed by atoms with E-state index >= 15 is 0 Å². The van der Waals surface area contributed by atoms with E-state index in [1.165, 1.54) is 31.2 Å². The molecule has 1 aliphatic heterocycles. The zero-order chi connectivity index (χ0) is 30.4. The molecule has 6 nitrogen and oxygen atoms in total. The van der Waals surface area contributed by atoms with Gasteiger partial charge in [0.2, 0.25) is 0 Å². The Hall–Kier alpha value is -3.29. The van der Waals surface area contributed by atoms with Gasteiger partial charge in [-0.2, -0.15) is 17.5 Å². The van der Waals surface area contributed by atoms with Gasteiger partial charge in [0, 0.05) is 38.7 Å². The first-order chi connectivity index (χ1) is 18.9. The summed E-state index contributed by atoms with van der Waals surface area (Å²) in [6.45, 7) is 1.50. The van der Waals surface area contributed by atoms with Crippen LogP contribution in [0, 0.1) is 6.92 Å². The van der Waals surface area contributed by atoms with Crippen molar-refractivity contribution in [3.8, 4) is 5.75 Å². The molecule has 1 amide bonds. The van der Waals surface area contributed by atoms with Gasteiger partial charge >= 0.3 is 12.5 Å². The lowest BCUT2D eigenvalue weighted by Gasteiger charge is -2.29. The molecule has 0 spiro atoms. The summed E-state index contributed by atoms with van der Waals surface area (Å²) in [6, 6.07) is 11.6. The van der Waals surface area contributed by atoms with E-state index in [4.69, 9.17) is 28.0 Å². The van der Waals surface area contributed by atoms with Crippen molar-refractivity contribution in [2.24, 2.45) is 9.52 Å². The van der Waals surface area contributed by atoms with E-state index in [0.29, 0.717) is 5.56 Å². The van der Waals surface area contributed by atoms with Gasteiger partial charge in [-0.25, -0.2) is 4.21 Å². The third kappa shape index (κ3) is 6.62. The maximum Gasteiger partial charge on any atom is 0.573 e. The first-order valence-electron chi connectivity index (χ1n) is 11.4. The van der Waals surface area contributed by atoms with Gasteiger partial charge in [-0.3, -0.25) is 4.79 Å². The van der Waals surface area contributed by atoms with Crippen LogP contribution in [0.5, 0.6) is 5.75 Å². The van der Waals surface area contributed by atoms with Crippen LogP contribution in [-0.2, 0) is 20.2 Å². The molecule has 2 atom stereocenters. The Kier molecular flexibility index (Phi) is 8.11. The molecule has 0 N–H and O–H groups in total. The molecule has 4 rings (SSSR count). The fourth-order valence-corrected chi connectivity index (χ4v) is 5.77. The third-order valence-corrected chi connectivity index (χ3v) is 8.15. The molecular weight excluding hydrogens is 621 g/mol. The van der Waals surface area contributed by atoms with Crippen LogP contribution in [-0.4, -0.2) is 34.6 Å². The number of carbonyl (C=O) groups excluding carboxylic acids is 1. The summed E-state index contributed by atoms with van der Waals surface area (Å²) >= 11 is 11.8. The van der Waals surface area contributed by atoms with E-state index in [9.17, 15) is 35.3 Å². The Balaban J connectivity index is 1.59. The van der Waals surface area contributed by atoms with Crippen molar-refractivity contribution in [3.63, 3.8) is 0 Å². The standard InChI is InChI=1S/C26H18Cl2F6N2O4S/c1-14-9-15(22-13-24(40-35-22,25(29,30)31)16-10-17(27)12-18(28)11-16)3-8-21(14)23(37)36-41(2,38)20-6-4-19(5-7-20)39-26(32,33)34/h3-12H,13H2,1-2H3. The highest BCUT2D eigenvalue weighted by Gasteiger charge is 2.62. The van der Waals surface area contributed by atoms with Crippen molar-refractivity contribution in [2.45, 2.75) is 36.4 Å². The van der Waals surface area contributed by atoms with Crippen molar-refractivity contribution < 1.29 is 44.9 Å². The number of rotatable bonds is 5. The summed E-state index contributed by atoms with van der Waals surface area (Å²) < 4.78 is 101. The number of aryl methyl sites for hydroxylation is 1. The van der Waals surface area contributed by atoms with Gasteiger partial charge in [0.15, 0.2) is 0 Å². The van der Waals surface area contributed by atoms with E-state index in [1.807, 2.05) is 0 Å². The smallest absolute Gasteiger partial charge is 0.406 e. The van der Waals surface area contributed by atoms with Crippen molar-refractivity contribution >= 4 is 44.5 Å². The molecule has 0 saturated carbocycles. The maximum absolute atomic E-state index is 14.3. The molecule has 0 radical (unpaired) electrons. The Bertz CT molecular complexity index is 1650. The average Bonchev–Trinajstić information content (AvgIpc) is 3.30. The molecular formula is C26H18Cl2F6N2O4S. The number of oxime groups is 1. The van der Waals surface area contributed by atoms with E-state index in [1.54, 1.807) is 0 Å². The minimum atomic E-state index is -4.91. The van der Waals surface area contributed by atoms with Crippen molar-refractivity contribution in [3.05, 3.63) is 93.0 Å². The Morgan fingerprint density at radius 2 is 1.61 bits per heavy atom. The van der Waals surface area contributed by atoms with Crippen LogP contribution in [0.25, 0.3) is 0 Å². The fraction of sp³-hybridized carbons (Fsp3) is 0.231. The van der Waals surface area contributed by atoms with Gasteiger partial charge in [-0.15, -0.1) is 13.2 Å². The number of alkyl halides is 6. The van der Waals surface area contributed by atoms with Gasteiger partial charge in [0.1, 0.15) is 5.75 Å². The summed E-state index contributed by atoms with van der Waals surface area (Å²) in [5, 5.41) is 3.64. The lowest BCUT2D eigenvalue weighted by Crippen LogP contribution is -2.42. The second kappa shape index (κ2) is 10.8. The number of ether oxygens (including phenoxy) is 1. The summed E-state index contributed by atoms with van der Waals surface area (Å²) in [5.74, 6) is -1.44. The normalized spacial score (nSPS) is 18.7. The topological polar surface area (TPSA) is 77.3 Å². The molecule has 0 aromatic heterocycles. The fourth-order valence-electron chi connectivity index (χ4n) is 4.08. The number of hydrogen-bond donors (Lipinski definition) is 0. The van der Waals surface area contributed by atoms with Gasteiger partial charge in [-0.1, -0.05) is 34.4 Å². The lowest BCUT2D eigenvalue weighted by molar-refractivity contribution is -0.276. The first kappa shape index (κ1) is 30.7. The highest BCUT2D eigenvalue weighted by molar-refractivity contribution is 7.93. The van der Waals surface area contributed by atoms with Crippen LogP contribution in [0.1, 0.15) is 33.5 Å². The number of amides is 1. The minimum absolute atomic E-state index is 0.00331. The van der Waals surface area contributed by atoms with Crippen LogP contribution >= 0.6 is 23.2 Å². The van der Waals surface area contributed by atoms with E-state index in [2.05, 4.69) is 14.3 Å². The summed E-state index contributed by atoms with van der Waals surface area (Å²) in [6.07, 6.45) is -9.38. The predicted octanol–water partition coefficient (Wildman–Crippen LogP) is 8.08. The zero-order valence-corrected chi connectivity index (χ0v) is 23.3. The Morgan fingerprint density at radius 3 is 2.15 bits per heavy atom. The van der Waals surface area contributed by atoms with Crippen LogP contribution in [0.3, 0.4) is 0 Å². The summed E-state index contributed by atoms with van der Waals surface area (Å²) in [7, 11) is -3.38. The zero-order valence-electron chi connectivity index (χ0n) is 20.9. The van der Waals surface area contributed by atoms with Crippen LogP contribution in [0.2, 0.25) is 10.0 Å². The van der Waals surface area contributed by atoms with E-state index in [0.717, 1.165) is 42.7 Å². The number of halogens is 8. The second-order valence-corrected chi connectivity index (χ2v) is 12.2. The minimum Gasteiger partial charge on any atom is -0.406 e. The van der Waals surface area contributed by atoms with Gasteiger partial charge in [-0.05, 0) is 72.6 Å². The SMILES string of the molecule is Cc1cc(C2=NOC(c3cc(Cl)cc(Cl)c3)(C(F)(F)F)C2)ccc1C(=O)N=S(C)(=O)c1ccc(OC(F)(F)F)cc1. The monoisotopic (exact) mass is 638 g/mol. The summed E-state index contributed by atoms with van der Waals surface area (Å²) in [4.78, 5) is 17.8. The molecule has 0 saturated heterocycles. The van der Waals surface area contributed by atoms with Gasteiger partial charge in [0.05, 0.1) is 15.4 Å². The molecule has 0 bridgehead atoms. The van der Waals surface area contributed by atoms with Crippen LogP contribution in [0.15, 0.2) is 75.1 Å². The maximum atomic E-state index is 14.3. The second-order valence-electron chi connectivity index (χ2n) is 9.04. The van der Waals surface area contributed by atoms with Crippen molar-refractivity contribution in [1.29, 1.82) is 0 Å². The van der Waals surface area contributed by atoms with Crippen molar-refractivity contribution in [1.82, 2.24) is 0 Å². The first-order valence-corrected chi connectivity index (χ1v) is 14.1. The van der Waals surface area contributed by atoms with Crippen LogP contribution < -0.4 is 4.74 Å². The highest BCUT2D eigenvalue weighted by atomic mass is 35.5. The largest absolute Gasteiger partial charge is 0.573 e. The van der Waals surface area contributed by atoms with Gasteiger partial charge < -0.3 is 9.57 Å². The third-order valence-electron chi connectivity index (χ3n) is 6.06. The predicted molar refractivity (Wildman–Crippen MR) is 140 cm³/mol. The molecule has 41 heavy (non-hydrogen) atoms. The molecule has 1 aliphatic rings. The molecule has 0 aliphatic carbocycles. The number of benzene rings is 3. The van der Waals surface area contributed by atoms with Gasteiger partial charge in [0.25, 0.3) is 11.5 Å². The number of nitrogens with zero attached hydrogens (tertiary/aromatic N) is 2. The molecule has 2 unspecified atom stereocenters. The van der Waals surface area contributed by atoms with Crippen molar-refractivity contribution in [2.75, 3.05) is 6.26 Å². The van der Waals surface area contributed by atoms with E-state index < -0.39 is 45.9 Å².